The molecule has 8 heteroatoms. The van der Waals surface area contributed by atoms with Gasteiger partial charge in [0.25, 0.3) is 0 Å². The fourth-order valence-corrected chi connectivity index (χ4v) is 4.20. The maximum Gasteiger partial charge on any atom is 0.238 e. The number of halogens is 2. The summed E-state index contributed by atoms with van der Waals surface area (Å²) in [7, 11) is 0. The normalized spacial score (nSPS) is 32.9. The summed E-state index contributed by atoms with van der Waals surface area (Å²) in [6.45, 7) is 4.54. The van der Waals surface area contributed by atoms with Crippen LogP contribution in [0.5, 0.6) is 5.75 Å². The second kappa shape index (κ2) is 8.31. The van der Waals surface area contributed by atoms with E-state index in [9.17, 15) is 9.90 Å². The third kappa shape index (κ3) is 4.26. The van der Waals surface area contributed by atoms with Gasteiger partial charge in [0.15, 0.2) is 0 Å². The quantitative estimate of drug-likeness (QED) is 0.693. The topological polar surface area (TPSA) is 73.8 Å². The molecule has 3 aliphatic heterocycles. The Labute approximate surface area is 166 Å². The molecule has 3 heterocycles. The number of fused-ring (bicyclic) bond motifs is 2. The molecule has 0 bridgehead atoms. The van der Waals surface area contributed by atoms with Crippen LogP contribution in [0.2, 0.25) is 0 Å². The SMILES string of the molecule is CC1(O)CC2CNC(C(=O)N[C@@H]3CCOc4ccccc43)CN2C1.Cl.Cl. The predicted molar refractivity (Wildman–Crippen MR) is 104 cm³/mol. The molecule has 3 N–H and O–H groups in total. The van der Waals surface area contributed by atoms with E-state index in [2.05, 4.69) is 15.5 Å². The number of hydrogen-bond acceptors (Lipinski definition) is 5. The molecule has 1 amide bonds. The molecule has 6 nitrogen and oxygen atoms in total. The summed E-state index contributed by atoms with van der Waals surface area (Å²) in [5, 5.41) is 16.8. The summed E-state index contributed by atoms with van der Waals surface area (Å²) >= 11 is 0. The Morgan fingerprint density at radius 2 is 2.15 bits per heavy atom. The molecule has 3 unspecified atom stereocenters. The number of para-hydroxylation sites is 1. The van der Waals surface area contributed by atoms with Crippen LogP contribution in [0.1, 0.15) is 31.4 Å². The van der Waals surface area contributed by atoms with Crippen molar-refractivity contribution in [3.8, 4) is 5.75 Å². The van der Waals surface area contributed by atoms with Gasteiger partial charge in [-0.25, -0.2) is 0 Å². The van der Waals surface area contributed by atoms with E-state index in [1.807, 2.05) is 31.2 Å². The maximum absolute atomic E-state index is 12.7. The summed E-state index contributed by atoms with van der Waals surface area (Å²) in [5.41, 5.74) is 0.409. The van der Waals surface area contributed by atoms with Crippen LogP contribution < -0.4 is 15.4 Å². The minimum atomic E-state index is -0.642. The number of piperazine rings is 1. The molecule has 0 saturated carbocycles. The average Bonchev–Trinajstić information content (AvgIpc) is 2.88. The van der Waals surface area contributed by atoms with Gasteiger partial charge in [-0.1, -0.05) is 18.2 Å². The number of hydrogen-bond donors (Lipinski definition) is 3. The van der Waals surface area contributed by atoms with Crippen LogP contribution in [0.3, 0.4) is 0 Å². The van der Waals surface area contributed by atoms with Gasteiger partial charge in [-0.05, 0) is 19.4 Å². The standard InChI is InChI=1S/C18H25N3O3.2ClH/c1-18(23)8-12-9-19-15(10-21(12)11-18)17(22)20-14-6-7-24-16-5-3-2-4-13(14)16;;/h2-5,12,14-15,19,23H,6-11H2,1H3,(H,20,22);2*1H/t12?,14-,15?,18?;;/m1../s1. The van der Waals surface area contributed by atoms with Gasteiger partial charge in [0.1, 0.15) is 5.75 Å². The zero-order valence-corrected chi connectivity index (χ0v) is 16.4. The van der Waals surface area contributed by atoms with Crippen molar-refractivity contribution in [2.45, 2.75) is 43.5 Å². The number of rotatable bonds is 2. The maximum atomic E-state index is 12.7. The Bertz CT molecular complexity index is 644. The molecule has 2 fully saturated rings. The highest BCUT2D eigenvalue weighted by Gasteiger charge is 2.43. The lowest BCUT2D eigenvalue weighted by molar-refractivity contribution is -0.125. The molecular formula is C18H27Cl2N3O3. The minimum Gasteiger partial charge on any atom is -0.493 e. The summed E-state index contributed by atoms with van der Waals surface area (Å²) in [4.78, 5) is 15.0. The second-order valence-corrected chi connectivity index (χ2v) is 7.48. The lowest BCUT2D eigenvalue weighted by atomic mass is 9.99. The molecule has 1 aromatic rings. The summed E-state index contributed by atoms with van der Waals surface area (Å²) in [5.74, 6) is 0.892. The number of carbonyl (C=O) groups excluding carboxylic acids is 1. The van der Waals surface area contributed by atoms with E-state index in [-0.39, 0.29) is 42.8 Å². The van der Waals surface area contributed by atoms with Crippen molar-refractivity contribution < 1.29 is 14.6 Å². The highest BCUT2D eigenvalue weighted by Crippen LogP contribution is 2.32. The van der Waals surface area contributed by atoms with E-state index in [0.717, 1.165) is 30.7 Å². The van der Waals surface area contributed by atoms with E-state index in [1.165, 1.54) is 0 Å². The van der Waals surface area contributed by atoms with Gasteiger partial charge in [0, 0.05) is 37.7 Å². The van der Waals surface area contributed by atoms with Gasteiger partial charge < -0.3 is 20.5 Å². The number of ether oxygens (including phenoxy) is 1. The number of carbonyl (C=O) groups is 1. The highest BCUT2D eigenvalue weighted by atomic mass is 35.5. The minimum absolute atomic E-state index is 0. The van der Waals surface area contributed by atoms with Crippen LogP contribution in [0.4, 0.5) is 0 Å². The van der Waals surface area contributed by atoms with E-state index < -0.39 is 5.60 Å². The smallest absolute Gasteiger partial charge is 0.238 e. The molecule has 4 rings (SSSR count). The first kappa shape index (κ1) is 21.3. The van der Waals surface area contributed by atoms with Crippen LogP contribution >= 0.6 is 24.8 Å². The lowest BCUT2D eigenvalue weighted by Gasteiger charge is -2.36. The number of nitrogens with zero attached hydrogens (tertiary/aromatic N) is 1. The largest absolute Gasteiger partial charge is 0.493 e. The first-order valence-electron chi connectivity index (χ1n) is 8.74. The van der Waals surface area contributed by atoms with Crippen molar-refractivity contribution in [2.75, 3.05) is 26.2 Å². The van der Waals surface area contributed by atoms with Crippen molar-refractivity contribution in [3.63, 3.8) is 0 Å². The molecule has 1 aromatic carbocycles. The Morgan fingerprint density at radius 3 is 2.96 bits per heavy atom. The Morgan fingerprint density at radius 1 is 1.38 bits per heavy atom. The predicted octanol–water partition coefficient (Wildman–Crippen LogP) is 1.27. The van der Waals surface area contributed by atoms with Crippen LogP contribution in [0, 0.1) is 0 Å². The van der Waals surface area contributed by atoms with Gasteiger partial charge in [-0.15, -0.1) is 24.8 Å². The summed E-state index contributed by atoms with van der Waals surface area (Å²) in [6.07, 6.45) is 1.55. The first-order valence-corrected chi connectivity index (χ1v) is 8.74. The third-order valence-electron chi connectivity index (χ3n) is 5.34. The second-order valence-electron chi connectivity index (χ2n) is 7.48. The van der Waals surface area contributed by atoms with Crippen LogP contribution in [-0.4, -0.2) is 59.8 Å². The lowest BCUT2D eigenvalue weighted by Crippen LogP contribution is -2.59. The summed E-state index contributed by atoms with van der Waals surface area (Å²) < 4.78 is 5.66. The molecule has 0 spiro atoms. The van der Waals surface area contributed by atoms with E-state index in [0.29, 0.717) is 25.7 Å². The number of benzene rings is 1. The number of nitrogens with one attached hydrogen (secondary N) is 2. The van der Waals surface area contributed by atoms with Crippen molar-refractivity contribution in [3.05, 3.63) is 29.8 Å². The molecule has 3 aliphatic rings. The van der Waals surface area contributed by atoms with Crippen LogP contribution in [0.25, 0.3) is 0 Å². The van der Waals surface area contributed by atoms with E-state index >= 15 is 0 Å². The van der Waals surface area contributed by atoms with Gasteiger partial charge >= 0.3 is 0 Å². The summed E-state index contributed by atoms with van der Waals surface area (Å²) in [6, 6.07) is 7.99. The van der Waals surface area contributed by atoms with Gasteiger partial charge in [0.2, 0.25) is 5.91 Å². The third-order valence-corrected chi connectivity index (χ3v) is 5.34. The monoisotopic (exact) mass is 403 g/mol. The van der Waals surface area contributed by atoms with Crippen LogP contribution in [0.15, 0.2) is 24.3 Å². The first-order chi connectivity index (χ1) is 11.5. The zero-order valence-electron chi connectivity index (χ0n) is 14.8. The Kier molecular flexibility index (Phi) is 6.80. The molecule has 0 radical (unpaired) electrons. The zero-order chi connectivity index (χ0) is 16.7. The van der Waals surface area contributed by atoms with E-state index in [1.54, 1.807) is 0 Å². The Balaban J connectivity index is 0.00000121. The van der Waals surface area contributed by atoms with Crippen molar-refractivity contribution in [1.82, 2.24) is 15.5 Å². The van der Waals surface area contributed by atoms with E-state index in [4.69, 9.17) is 4.74 Å². The highest BCUT2D eigenvalue weighted by molar-refractivity contribution is 5.85. The number of amides is 1. The van der Waals surface area contributed by atoms with Gasteiger partial charge in [-0.2, -0.15) is 0 Å². The fraction of sp³-hybridized carbons (Fsp3) is 0.611. The fourth-order valence-electron chi connectivity index (χ4n) is 4.20. The molecular weight excluding hydrogens is 377 g/mol. The van der Waals surface area contributed by atoms with Crippen LogP contribution in [-0.2, 0) is 4.79 Å². The number of aliphatic hydroxyl groups is 1. The average molecular weight is 404 g/mol. The molecule has 26 heavy (non-hydrogen) atoms. The molecule has 146 valence electrons. The van der Waals surface area contributed by atoms with Crippen molar-refractivity contribution >= 4 is 30.7 Å². The van der Waals surface area contributed by atoms with Gasteiger partial charge in [-0.3, -0.25) is 9.69 Å². The molecule has 2 saturated heterocycles. The van der Waals surface area contributed by atoms with Gasteiger partial charge in [0.05, 0.1) is 24.3 Å². The Hall–Kier alpha value is -1.05. The van der Waals surface area contributed by atoms with Crippen molar-refractivity contribution in [2.24, 2.45) is 0 Å². The molecule has 0 aliphatic carbocycles. The molecule has 0 aromatic heterocycles. The van der Waals surface area contributed by atoms with Crippen molar-refractivity contribution in [1.29, 1.82) is 0 Å². The molecule has 4 atom stereocenters.